The number of rotatable bonds is 8. The average Bonchev–Trinajstić information content (AvgIpc) is 2.25. The second-order valence-corrected chi connectivity index (χ2v) is 4.51. The van der Waals surface area contributed by atoms with Crippen molar-refractivity contribution in [3.8, 4) is 0 Å². The Hall–Kier alpha value is -1.36. The lowest BCUT2D eigenvalue weighted by Gasteiger charge is -2.16. The van der Waals surface area contributed by atoms with E-state index in [1.165, 1.54) is 0 Å². The quantitative estimate of drug-likeness (QED) is 0.644. The summed E-state index contributed by atoms with van der Waals surface area (Å²) in [5.74, 6) is -0.633. The van der Waals surface area contributed by atoms with Gasteiger partial charge in [-0.05, 0) is 26.7 Å². The van der Waals surface area contributed by atoms with E-state index < -0.39 is 12.0 Å². The second-order valence-electron chi connectivity index (χ2n) is 4.51. The molecule has 5 heteroatoms. The van der Waals surface area contributed by atoms with Crippen LogP contribution in [0.4, 0.5) is 0 Å². The fourth-order valence-electron chi connectivity index (χ4n) is 1.46. The number of esters is 1. The van der Waals surface area contributed by atoms with Gasteiger partial charge in [0.05, 0.1) is 6.10 Å². The molecule has 1 amide bonds. The molecular formula is C13H24N2O3. The first kappa shape index (κ1) is 16.6. The van der Waals surface area contributed by atoms with Gasteiger partial charge < -0.3 is 15.8 Å². The fourth-order valence-corrected chi connectivity index (χ4v) is 1.46. The Balaban J connectivity index is 3.94. The summed E-state index contributed by atoms with van der Waals surface area (Å²) in [6.45, 7) is 9.11. The maximum Gasteiger partial charge on any atom is 0.323 e. The lowest BCUT2D eigenvalue weighted by molar-refractivity contribution is -0.150. The Bertz CT molecular complexity index is 303. The molecular weight excluding hydrogens is 232 g/mol. The van der Waals surface area contributed by atoms with Gasteiger partial charge in [0.2, 0.25) is 5.91 Å². The Morgan fingerprint density at radius 2 is 2.00 bits per heavy atom. The number of amides is 1. The molecule has 18 heavy (non-hydrogen) atoms. The van der Waals surface area contributed by atoms with Crippen molar-refractivity contribution in [3.63, 3.8) is 0 Å². The van der Waals surface area contributed by atoms with Gasteiger partial charge in [0, 0.05) is 12.1 Å². The van der Waals surface area contributed by atoms with Gasteiger partial charge in [0.1, 0.15) is 6.04 Å². The Morgan fingerprint density at radius 3 is 2.50 bits per heavy atom. The van der Waals surface area contributed by atoms with E-state index in [0.717, 1.165) is 12.8 Å². The van der Waals surface area contributed by atoms with Crippen LogP contribution in [0.1, 0.15) is 46.5 Å². The topological polar surface area (TPSA) is 81.4 Å². The van der Waals surface area contributed by atoms with E-state index in [2.05, 4.69) is 11.9 Å². The van der Waals surface area contributed by atoms with Crippen molar-refractivity contribution < 1.29 is 14.3 Å². The Labute approximate surface area is 109 Å². The molecule has 0 saturated carbocycles. The standard InChI is InChI=1S/C13H24N2O3/c1-5-6-10(4)18-13(17)11(14)7-8-12(16)15-9(2)3/h10-11H,2,5-8,14H2,1,3-4H3,(H,15,16). The van der Waals surface area contributed by atoms with E-state index in [-0.39, 0.29) is 24.9 Å². The molecule has 5 nitrogen and oxygen atoms in total. The largest absolute Gasteiger partial charge is 0.462 e. The summed E-state index contributed by atoms with van der Waals surface area (Å²) in [6.07, 6.45) is 2.10. The van der Waals surface area contributed by atoms with Crippen molar-refractivity contribution in [2.45, 2.75) is 58.6 Å². The van der Waals surface area contributed by atoms with E-state index in [1.54, 1.807) is 6.92 Å². The van der Waals surface area contributed by atoms with Crippen molar-refractivity contribution >= 4 is 11.9 Å². The number of nitrogens with one attached hydrogen (secondary N) is 1. The molecule has 0 aromatic rings. The predicted octanol–water partition coefficient (Wildman–Crippen LogP) is 1.48. The highest BCUT2D eigenvalue weighted by Crippen LogP contribution is 2.05. The van der Waals surface area contributed by atoms with Gasteiger partial charge in [0.25, 0.3) is 0 Å². The smallest absolute Gasteiger partial charge is 0.323 e. The molecule has 0 radical (unpaired) electrons. The van der Waals surface area contributed by atoms with Crippen molar-refractivity contribution in [3.05, 3.63) is 12.3 Å². The first-order valence-corrected chi connectivity index (χ1v) is 6.28. The number of allylic oxidation sites excluding steroid dienone is 1. The van der Waals surface area contributed by atoms with Crippen LogP contribution in [-0.2, 0) is 14.3 Å². The molecule has 2 atom stereocenters. The molecule has 0 spiro atoms. The third kappa shape index (κ3) is 7.84. The van der Waals surface area contributed by atoms with Gasteiger partial charge in [-0.2, -0.15) is 0 Å². The molecule has 0 rings (SSSR count). The normalized spacial score (nSPS) is 13.6. The van der Waals surface area contributed by atoms with E-state index in [4.69, 9.17) is 10.5 Å². The minimum atomic E-state index is -0.750. The van der Waals surface area contributed by atoms with Gasteiger partial charge in [0.15, 0.2) is 0 Å². The highest BCUT2D eigenvalue weighted by atomic mass is 16.5. The van der Waals surface area contributed by atoms with Crippen LogP contribution < -0.4 is 11.1 Å². The first-order chi connectivity index (χ1) is 8.36. The minimum Gasteiger partial charge on any atom is -0.462 e. The van der Waals surface area contributed by atoms with Crippen molar-refractivity contribution in [1.29, 1.82) is 0 Å². The van der Waals surface area contributed by atoms with Crippen molar-refractivity contribution in [2.75, 3.05) is 0 Å². The first-order valence-electron chi connectivity index (χ1n) is 6.28. The van der Waals surface area contributed by atoms with Gasteiger partial charge in [-0.15, -0.1) is 0 Å². The minimum absolute atomic E-state index is 0.127. The summed E-state index contributed by atoms with van der Waals surface area (Å²) in [6, 6.07) is -0.750. The summed E-state index contributed by atoms with van der Waals surface area (Å²) in [5.41, 5.74) is 6.24. The molecule has 0 fully saturated rings. The Kier molecular flexibility index (Phi) is 8.03. The van der Waals surface area contributed by atoms with E-state index in [0.29, 0.717) is 5.70 Å². The van der Waals surface area contributed by atoms with E-state index in [1.807, 2.05) is 13.8 Å². The molecule has 0 bridgehead atoms. The maximum absolute atomic E-state index is 11.6. The molecule has 0 aliphatic carbocycles. The molecule has 0 aliphatic rings. The number of nitrogens with two attached hydrogens (primary N) is 1. The zero-order valence-corrected chi connectivity index (χ0v) is 11.5. The second kappa shape index (κ2) is 8.69. The SMILES string of the molecule is C=C(C)NC(=O)CCC(N)C(=O)OC(C)CCC. The van der Waals surface area contributed by atoms with Gasteiger partial charge >= 0.3 is 5.97 Å². The van der Waals surface area contributed by atoms with E-state index in [9.17, 15) is 9.59 Å². The van der Waals surface area contributed by atoms with Crippen molar-refractivity contribution in [2.24, 2.45) is 5.73 Å². The summed E-state index contributed by atoms with van der Waals surface area (Å²) < 4.78 is 5.15. The molecule has 0 aliphatic heterocycles. The van der Waals surface area contributed by atoms with Crippen molar-refractivity contribution in [1.82, 2.24) is 5.32 Å². The zero-order valence-electron chi connectivity index (χ0n) is 11.5. The molecule has 2 unspecified atom stereocenters. The highest BCUT2D eigenvalue weighted by molar-refractivity contribution is 5.80. The molecule has 104 valence electrons. The summed E-state index contributed by atoms with van der Waals surface area (Å²) >= 11 is 0. The van der Waals surface area contributed by atoms with Crippen LogP contribution in [-0.4, -0.2) is 24.0 Å². The van der Waals surface area contributed by atoms with Crippen LogP contribution in [0.5, 0.6) is 0 Å². The number of carbonyl (C=O) groups is 2. The predicted molar refractivity (Wildman–Crippen MR) is 70.6 cm³/mol. The highest BCUT2D eigenvalue weighted by Gasteiger charge is 2.18. The molecule has 0 heterocycles. The van der Waals surface area contributed by atoms with Gasteiger partial charge in [-0.1, -0.05) is 19.9 Å². The maximum atomic E-state index is 11.6. The summed E-state index contributed by atoms with van der Waals surface area (Å²) in [4.78, 5) is 22.9. The number of hydrogen-bond donors (Lipinski definition) is 2. The van der Waals surface area contributed by atoms with Crippen LogP contribution in [0.15, 0.2) is 12.3 Å². The van der Waals surface area contributed by atoms with Gasteiger partial charge in [-0.25, -0.2) is 0 Å². The monoisotopic (exact) mass is 256 g/mol. The van der Waals surface area contributed by atoms with Gasteiger partial charge in [-0.3, -0.25) is 9.59 Å². The molecule has 0 aromatic carbocycles. The number of carbonyl (C=O) groups excluding carboxylic acids is 2. The lowest BCUT2D eigenvalue weighted by Crippen LogP contribution is -2.35. The summed E-state index contributed by atoms with van der Waals surface area (Å²) in [5, 5.41) is 2.56. The summed E-state index contributed by atoms with van der Waals surface area (Å²) in [7, 11) is 0. The Morgan fingerprint density at radius 1 is 1.39 bits per heavy atom. The zero-order chi connectivity index (χ0) is 14.1. The third-order valence-electron chi connectivity index (χ3n) is 2.35. The third-order valence-corrected chi connectivity index (χ3v) is 2.35. The fraction of sp³-hybridized carbons (Fsp3) is 0.692. The van der Waals surface area contributed by atoms with Crippen LogP contribution in [0.25, 0.3) is 0 Å². The van der Waals surface area contributed by atoms with E-state index >= 15 is 0 Å². The van der Waals surface area contributed by atoms with Crippen LogP contribution in [0.3, 0.4) is 0 Å². The molecule has 0 saturated heterocycles. The average molecular weight is 256 g/mol. The van der Waals surface area contributed by atoms with Crippen LogP contribution >= 0.6 is 0 Å². The lowest BCUT2D eigenvalue weighted by atomic mass is 10.1. The molecule has 0 aromatic heterocycles. The van der Waals surface area contributed by atoms with Crippen LogP contribution in [0.2, 0.25) is 0 Å². The number of hydrogen-bond acceptors (Lipinski definition) is 4. The molecule has 3 N–H and O–H groups in total. The van der Waals surface area contributed by atoms with Crippen LogP contribution in [0, 0.1) is 0 Å². The number of ether oxygens (including phenoxy) is 1.